The number of aliphatic carboxylic acids is 1. The molecule has 0 aliphatic carbocycles. The fourth-order valence-electron chi connectivity index (χ4n) is 3.03. The molecule has 0 saturated heterocycles. The molecule has 0 aliphatic heterocycles. The van der Waals surface area contributed by atoms with Crippen LogP contribution in [-0.4, -0.2) is 30.4 Å². The van der Waals surface area contributed by atoms with Gasteiger partial charge in [-0.25, -0.2) is 8.42 Å². The van der Waals surface area contributed by atoms with Crippen molar-refractivity contribution in [2.75, 3.05) is 5.75 Å². The van der Waals surface area contributed by atoms with Gasteiger partial charge < -0.3 is 14.4 Å². The quantitative estimate of drug-likeness (QED) is 0.627. The summed E-state index contributed by atoms with van der Waals surface area (Å²) in [4.78, 5) is 10.6. The highest BCUT2D eigenvalue weighted by Crippen LogP contribution is 2.29. The predicted octanol–water partition coefficient (Wildman–Crippen LogP) is 3.70. The van der Waals surface area contributed by atoms with Crippen molar-refractivity contribution in [1.29, 1.82) is 0 Å². The van der Waals surface area contributed by atoms with Crippen LogP contribution in [-0.2, 0) is 21.2 Å². The first kappa shape index (κ1) is 20.6. The fraction of sp³-hybridized carbons (Fsp3) is 0.238. The fourth-order valence-corrected chi connectivity index (χ4v) is 4.07. The number of rotatable bonds is 7. The van der Waals surface area contributed by atoms with Gasteiger partial charge in [0.05, 0.1) is 10.6 Å². The number of nitrogens with zero attached hydrogens (tertiary/aromatic N) is 1. The molecule has 0 spiro atoms. The van der Waals surface area contributed by atoms with Crippen molar-refractivity contribution in [1.82, 2.24) is 5.16 Å². The lowest BCUT2D eigenvalue weighted by Gasteiger charge is -2.11. The summed E-state index contributed by atoms with van der Waals surface area (Å²) in [5.41, 5.74) is 4.79. The minimum Gasteiger partial charge on any atom is -0.489 e. The molecule has 0 unspecified atom stereocenters. The summed E-state index contributed by atoms with van der Waals surface area (Å²) < 4.78 is 34.9. The first-order valence-electron chi connectivity index (χ1n) is 8.87. The van der Waals surface area contributed by atoms with E-state index in [4.69, 9.17) is 14.4 Å². The molecule has 1 heterocycles. The second-order valence-electron chi connectivity index (χ2n) is 6.75. The van der Waals surface area contributed by atoms with Gasteiger partial charge in [-0.3, -0.25) is 4.79 Å². The molecule has 3 rings (SSSR count). The summed E-state index contributed by atoms with van der Waals surface area (Å²) in [6, 6.07) is 11.8. The predicted molar refractivity (Wildman–Crippen MR) is 107 cm³/mol. The molecule has 2 aromatic carbocycles. The maximum absolute atomic E-state index is 11.9. The van der Waals surface area contributed by atoms with Gasteiger partial charge in [0, 0.05) is 5.56 Å². The summed E-state index contributed by atoms with van der Waals surface area (Å²) in [5, 5.41) is 12.7. The van der Waals surface area contributed by atoms with Crippen molar-refractivity contribution in [2.24, 2.45) is 0 Å². The second-order valence-corrected chi connectivity index (χ2v) is 8.74. The Morgan fingerprint density at radius 2 is 1.79 bits per heavy atom. The van der Waals surface area contributed by atoms with Crippen molar-refractivity contribution in [3.05, 3.63) is 65.0 Å². The van der Waals surface area contributed by atoms with Crippen LogP contribution in [0.15, 0.2) is 51.9 Å². The van der Waals surface area contributed by atoms with Crippen molar-refractivity contribution < 1.29 is 27.6 Å². The number of aryl methyl sites for hydroxylation is 3. The topological polar surface area (TPSA) is 107 Å². The largest absolute Gasteiger partial charge is 0.489 e. The van der Waals surface area contributed by atoms with Crippen LogP contribution in [0.2, 0.25) is 0 Å². The van der Waals surface area contributed by atoms with Gasteiger partial charge in [-0.1, -0.05) is 17.3 Å². The van der Waals surface area contributed by atoms with Crippen LogP contribution in [0.4, 0.5) is 0 Å². The summed E-state index contributed by atoms with van der Waals surface area (Å²) in [5.74, 6) is -1.10. The van der Waals surface area contributed by atoms with Gasteiger partial charge in [-0.15, -0.1) is 0 Å². The Hall–Kier alpha value is -3.13. The van der Waals surface area contributed by atoms with Gasteiger partial charge >= 0.3 is 5.97 Å². The summed E-state index contributed by atoms with van der Waals surface area (Å²) in [7, 11) is -3.86. The van der Waals surface area contributed by atoms with Gasteiger partial charge in [0.2, 0.25) is 0 Å². The smallest absolute Gasteiger partial charge is 0.319 e. The number of aromatic nitrogens is 1. The third-order valence-electron chi connectivity index (χ3n) is 4.56. The highest BCUT2D eigenvalue weighted by molar-refractivity contribution is 7.92. The third kappa shape index (κ3) is 4.65. The second kappa shape index (κ2) is 8.08. The molecule has 0 amide bonds. The molecule has 29 heavy (non-hydrogen) atoms. The minimum atomic E-state index is -3.86. The molecule has 0 saturated carbocycles. The van der Waals surface area contributed by atoms with Gasteiger partial charge in [0.15, 0.2) is 15.6 Å². The van der Waals surface area contributed by atoms with E-state index in [0.29, 0.717) is 12.4 Å². The van der Waals surface area contributed by atoms with Crippen molar-refractivity contribution >= 4 is 15.8 Å². The molecule has 1 N–H and O–H groups in total. The summed E-state index contributed by atoms with van der Waals surface area (Å²) in [6.07, 6.45) is 0. The minimum absolute atomic E-state index is 0.0520. The van der Waals surface area contributed by atoms with E-state index in [1.54, 1.807) is 0 Å². The van der Waals surface area contributed by atoms with Crippen LogP contribution in [0, 0.1) is 20.8 Å². The number of ether oxygens (including phenoxy) is 1. The molecule has 0 bridgehead atoms. The number of carbonyl (C=O) groups is 1. The number of hydrogen-bond acceptors (Lipinski definition) is 6. The van der Waals surface area contributed by atoms with Gasteiger partial charge in [-0.05, 0) is 67.8 Å². The van der Waals surface area contributed by atoms with Crippen LogP contribution in [0.5, 0.6) is 5.75 Å². The molecule has 3 aromatic rings. The van der Waals surface area contributed by atoms with Crippen LogP contribution >= 0.6 is 0 Å². The molecule has 7 nitrogen and oxygen atoms in total. The van der Waals surface area contributed by atoms with E-state index in [1.165, 1.54) is 24.3 Å². The molecule has 0 fully saturated rings. The molecule has 0 radical (unpaired) electrons. The standard InChI is InChI=1S/C21H21NO6S/c1-13-4-5-16(21-14(2)22-28-15(21)3)10-17(13)11-27-18-6-8-19(9-7-18)29(25,26)12-20(23)24/h4-10H,11-12H2,1-3H3,(H,23,24). The first-order chi connectivity index (χ1) is 13.7. The number of carboxylic acids is 1. The Morgan fingerprint density at radius 1 is 1.10 bits per heavy atom. The maximum atomic E-state index is 11.9. The van der Waals surface area contributed by atoms with E-state index in [0.717, 1.165) is 33.7 Å². The molecule has 0 atom stereocenters. The number of benzene rings is 2. The number of sulfone groups is 1. The Bertz CT molecular complexity index is 1130. The highest BCUT2D eigenvalue weighted by Gasteiger charge is 2.18. The van der Waals surface area contributed by atoms with Crippen LogP contribution in [0.3, 0.4) is 0 Å². The van der Waals surface area contributed by atoms with E-state index in [1.807, 2.05) is 39.0 Å². The van der Waals surface area contributed by atoms with E-state index in [2.05, 4.69) is 5.16 Å². The van der Waals surface area contributed by atoms with Crippen molar-refractivity contribution in [2.45, 2.75) is 32.3 Å². The van der Waals surface area contributed by atoms with E-state index < -0.39 is 21.6 Å². The molecule has 8 heteroatoms. The lowest BCUT2D eigenvalue weighted by molar-refractivity contribution is -0.134. The van der Waals surface area contributed by atoms with E-state index >= 15 is 0 Å². The molecule has 1 aromatic heterocycles. The SMILES string of the molecule is Cc1ccc(-c2c(C)noc2C)cc1COc1ccc(S(=O)(=O)CC(=O)O)cc1. The molecular formula is C21H21NO6S. The molecular weight excluding hydrogens is 394 g/mol. The van der Waals surface area contributed by atoms with Gasteiger partial charge in [0.1, 0.15) is 18.1 Å². The van der Waals surface area contributed by atoms with Crippen molar-refractivity contribution in [3.63, 3.8) is 0 Å². The molecule has 0 aliphatic rings. The van der Waals surface area contributed by atoms with Crippen LogP contribution in [0.1, 0.15) is 22.6 Å². The average molecular weight is 415 g/mol. The summed E-state index contributed by atoms with van der Waals surface area (Å²) >= 11 is 0. The average Bonchev–Trinajstić information content (AvgIpc) is 2.99. The van der Waals surface area contributed by atoms with Gasteiger partial charge in [0.25, 0.3) is 0 Å². The third-order valence-corrected chi connectivity index (χ3v) is 6.18. The monoisotopic (exact) mass is 415 g/mol. The zero-order chi connectivity index (χ0) is 21.2. The Kier molecular flexibility index (Phi) is 5.74. The van der Waals surface area contributed by atoms with Crippen LogP contribution in [0.25, 0.3) is 11.1 Å². The Morgan fingerprint density at radius 3 is 2.38 bits per heavy atom. The zero-order valence-electron chi connectivity index (χ0n) is 16.3. The maximum Gasteiger partial charge on any atom is 0.319 e. The van der Waals surface area contributed by atoms with E-state index in [-0.39, 0.29) is 4.90 Å². The summed E-state index contributed by atoms with van der Waals surface area (Å²) in [6.45, 7) is 6.04. The number of hydrogen-bond donors (Lipinski definition) is 1. The number of carboxylic acid groups (broad SMARTS) is 1. The lowest BCUT2D eigenvalue weighted by atomic mass is 9.99. The Balaban J connectivity index is 1.77. The van der Waals surface area contributed by atoms with Crippen molar-refractivity contribution in [3.8, 4) is 16.9 Å². The van der Waals surface area contributed by atoms with Gasteiger partial charge in [-0.2, -0.15) is 0 Å². The zero-order valence-corrected chi connectivity index (χ0v) is 17.1. The van der Waals surface area contributed by atoms with E-state index in [9.17, 15) is 13.2 Å². The van der Waals surface area contributed by atoms with Crippen LogP contribution < -0.4 is 4.74 Å². The highest BCUT2D eigenvalue weighted by atomic mass is 32.2. The molecule has 152 valence electrons. The Labute approximate surface area is 168 Å². The lowest BCUT2D eigenvalue weighted by Crippen LogP contribution is -2.15. The first-order valence-corrected chi connectivity index (χ1v) is 10.5. The normalized spacial score (nSPS) is 11.4.